The Hall–Kier alpha value is -1.42. The van der Waals surface area contributed by atoms with E-state index < -0.39 is 0 Å². The molecule has 18 heavy (non-hydrogen) atoms. The summed E-state index contributed by atoms with van der Waals surface area (Å²) in [5.74, 6) is -0.196. The quantitative estimate of drug-likeness (QED) is 0.762. The van der Waals surface area contributed by atoms with E-state index in [9.17, 15) is 4.39 Å². The standard InChI is InChI=1S/C14H17FN2S/c1-9-7-10(5-6-11(9)15)17-12(14(2,3)4)8-16-13(17)18/h5-8H,1-4H3,(H,16,18). The number of rotatable bonds is 1. The summed E-state index contributed by atoms with van der Waals surface area (Å²) in [4.78, 5) is 3.06. The Labute approximate surface area is 111 Å². The molecule has 0 aliphatic rings. The number of aryl methyl sites for hydroxylation is 1. The van der Waals surface area contributed by atoms with Crippen molar-refractivity contribution in [2.45, 2.75) is 33.1 Å². The zero-order valence-corrected chi connectivity index (χ0v) is 11.9. The first-order chi connectivity index (χ1) is 8.30. The van der Waals surface area contributed by atoms with E-state index in [1.807, 2.05) is 16.8 Å². The molecule has 1 aromatic heterocycles. The molecule has 0 saturated carbocycles. The highest BCUT2D eigenvalue weighted by molar-refractivity contribution is 7.71. The number of hydrogen-bond donors (Lipinski definition) is 1. The third-order valence-electron chi connectivity index (χ3n) is 2.94. The van der Waals surface area contributed by atoms with Crippen LogP contribution in [-0.4, -0.2) is 9.55 Å². The van der Waals surface area contributed by atoms with Crippen LogP contribution in [0.25, 0.3) is 5.69 Å². The average molecular weight is 264 g/mol. The van der Waals surface area contributed by atoms with Gasteiger partial charge in [-0.05, 0) is 42.9 Å². The molecule has 1 aromatic carbocycles. The van der Waals surface area contributed by atoms with Crippen molar-refractivity contribution >= 4 is 12.2 Å². The maximum absolute atomic E-state index is 13.3. The smallest absolute Gasteiger partial charge is 0.182 e. The third kappa shape index (κ3) is 2.25. The van der Waals surface area contributed by atoms with Gasteiger partial charge >= 0.3 is 0 Å². The Morgan fingerprint density at radius 1 is 1.28 bits per heavy atom. The van der Waals surface area contributed by atoms with Crippen molar-refractivity contribution < 1.29 is 4.39 Å². The van der Waals surface area contributed by atoms with Crippen LogP contribution in [0.4, 0.5) is 4.39 Å². The molecule has 96 valence electrons. The minimum atomic E-state index is -0.196. The zero-order valence-electron chi connectivity index (χ0n) is 11.0. The highest BCUT2D eigenvalue weighted by Gasteiger charge is 2.20. The summed E-state index contributed by atoms with van der Waals surface area (Å²) >= 11 is 5.31. The maximum atomic E-state index is 13.3. The molecule has 0 fully saturated rings. The molecule has 0 unspecified atom stereocenters. The molecule has 0 amide bonds. The van der Waals surface area contributed by atoms with E-state index in [0.717, 1.165) is 11.4 Å². The number of nitrogens with one attached hydrogen (secondary N) is 1. The van der Waals surface area contributed by atoms with Crippen molar-refractivity contribution in [1.29, 1.82) is 0 Å². The molecule has 0 aliphatic carbocycles. The molecule has 2 rings (SSSR count). The van der Waals surface area contributed by atoms with Gasteiger partial charge in [-0.2, -0.15) is 0 Å². The number of aromatic nitrogens is 2. The number of H-pyrrole nitrogens is 1. The van der Waals surface area contributed by atoms with Gasteiger partial charge in [0.15, 0.2) is 4.77 Å². The molecule has 0 bridgehead atoms. The molecule has 0 aliphatic heterocycles. The van der Waals surface area contributed by atoms with Gasteiger partial charge in [-0.1, -0.05) is 20.8 Å². The van der Waals surface area contributed by atoms with Crippen molar-refractivity contribution in [2.75, 3.05) is 0 Å². The van der Waals surface area contributed by atoms with Gasteiger partial charge in [0.2, 0.25) is 0 Å². The minimum Gasteiger partial charge on any atom is -0.337 e. The van der Waals surface area contributed by atoms with Gasteiger partial charge in [-0.25, -0.2) is 4.39 Å². The molecule has 2 nitrogen and oxygen atoms in total. The second-order valence-corrected chi connectivity index (χ2v) is 5.88. The number of halogens is 1. The number of imidazole rings is 1. The second-order valence-electron chi connectivity index (χ2n) is 5.50. The lowest BCUT2D eigenvalue weighted by Crippen LogP contribution is -2.16. The number of nitrogens with zero attached hydrogens (tertiary/aromatic N) is 1. The molecule has 1 heterocycles. The number of hydrogen-bond acceptors (Lipinski definition) is 1. The predicted molar refractivity (Wildman–Crippen MR) is 74.3 cm³/mol. The number of benzene rings is 1. The van der Waals surface area contributed by atoms with Crippen LogP contribution in [0.2, 0.25) is 0 Å². The first kappa shape index (κ1) is 13.0. The highest BCUT2D eigenvalue weighted by Crippen LogP contribution is 2.26. The Morgan fingerprint density at radius 2 is 1.94 bits per heavy atom. The molecular formula is C14H17FN2S. The monoisotopic (exact) mass is 264 g/mol. The van der Waals surface area contributed by atoms with Crippen LogP contribution in [0.5, 0.6) is 0 Å². The summed E-state index contributed by atoms with van der Waals surface area (Å²) in [7, 11) is 0. The lowest BCUT2D eigenvalue weighted by molar-refractivity contribution is 0.555. The van der Waals surface area contributed by atoms with Crippen molar-refractivity contribution in [2.24, 2.45) is 0 Å². The largest absolute Gasteiger partial charge is 0.337 e. The normalized spacial score (nSPS) is 11.8. The lowest BCUT2D eigenvalue weighted by Gasteiger charge is -2.21. The molecule has 1 N–H and O–H groups in total. The van der Waals surface area contributed by atoms with Crippen molar-refractivity contribution in [1.82, 2.24) is 9.55 Å². The fraction of sp³-hybridized carbons (Fsp3) is 0.357. The van der Waals surface area contributed by atoms with Crippen LogP contribution in [0.15, 0.2) is 24.4 Å². The average Bonchev–Trinajstić information content (AvgIpc) is 2.64. The topological polar surface area (TPSA) is 20.7 Å². The van der Waals surface area contributed by atoms with Crippen LogP contribution >= 0.6 is 12.2 Å². The van der Waals surface area contributed by atoms with Crippen LogP contribution < -0.4 is 0 Å². The molecule has 0 atom stereocenters. The van der Waals surface area contributed by atoms with Crippen LogP contribution in [0.3, 0.4) is 0 Å². The van der Waals surface area contributed by atoms with E-state index in [1.165, 1.54) is 6.07 Å². The third-order valence-corrected chi connectivity index (χ3v) is 3.24. The van der Waals surface area contributed by atoms with Gasteiger partial charge in [0, 0.05) is 23.0 Å². The van der Waals surface area contributed by atoms with Gasteiger partial charge in [-0.15, -0.1) is 0 Å². The van der Waals surface area contributed by atoms with E-state index in [-0.39, 0.29) is 11.2 Å². The van der Waals surface area contributed by atoms with Crippen molar-refractivity contribution in [3.05, 3.63) is 46.2 Å². The van der Waals surface area contributed by atoms with Gasteiger partial charge < -0.3 is 4.98 Å². The summed E-state index contributed by atoms with van der Waals surface area (Å²) in [5, 5.41) is 0. The zero-order chi connectivity index (χ0) is 13.5. The lowest BCUT2D eigenvalue weighted by atomic mass is 9.92. The predicted octanol–water partition coefficient (Wildman–Crippen LogP) is 4.28. The molecule has 0 spiro atoms. The summed E-state index contributed by atoms with van der Waals surface area (Å²) in [5.41, 5.74) is 2.56. The summed E-state index contributed by atoms with van der Waals surface area (Å²) in [6, 6.07) is 5.04. The van der Waals surface area contributed by atoms with E-state index >= 15 is 0 Å². The van der Waals surface area contributed by atoms with Gasteiger partial charge in [0.25, 0.3) is 0 Å². The Morgan fingerprint density at radius 3 is 2.50 bits per heavy atom. The van der Waals surface area contributed by atoms with Crippen molar-refractivity contribution in [3.8, 4) is 5.69 Å². The van der Waals surface area contributed by atoms with Crippen molar-refractivity contribution in [3.63, 3.8) is 0 Å². The first-order valence-electron chi connectivity index (χ1n) is 5.88. The maximum Gasteiger partial charge on any atom is 0.182 e. The highest BCUT2D eigenvalue weighted by atomic mass is 32.1. The van der Waals surface area contributed by atoms with E-state index in [4.69, 9.17) is 12.2 Å². The van der Waals surface area contributed by atoms with Crippen LogP contribution in [0.1, 0.15) is 32.0 Å². The van der Waals surface area contributed by atoms with Crippen LogP contribution in [0, 0.1) is 17.5 Å². The van der Waals surface area contributed by atoms with E-state index in [2.05, 4.69) is 25.8 Å². The fourth-order valence-corrected chi connectivity index (χ4v) is 2.21. The first-order valence-corrected chi connectivity index (χ1v) is 6.29. The van der Waals surface area contributed by atoms with E-state index in [0.29, 0.717) is 10.3 Å². The summed E-state index contributed by atoms with van der Waals surface area (Å²) in [6.07, 6.45) is 1.92. The van der Waals surface area contributed by atoms with Crippen LogP contribution in [-0.2, 0) is 5.41 Å². The Kier molecular flexibility index (Phi) is 3.15. The molecular weight excluding hydrogens is 247 g/mol. The van der Waals surface area contributed by atoms with Gasteiger partial charge in [0.05, 0.1) is 0 Å². The van der Waals surface area contributed by atoms with E-state index in [1.54, 1.807) is 13.0 Å². The Balaban J connectivity index is 2.67. The second kappa shape index (κ2) is 4.35. The minimum absolute atomic E-state index is 0.0319. The summed E-state index contributed by atoms with van der Waals surface area (Å²) < 4.78 is 15.9. The van der Waals surface area contributed by atoms with Gasteiger partial charge in [-0.3, -0.25) is 4.57 Å². The summed E-state index contributed by atoms with van der Waals surface area (Å²) in [6.45, 7) is 8.12. The SMILES string of the molecule is Cc1cc(-n2c(C(C)(C)C)c[nH]c2=S)ccc1F. The molecule has 4 heteroatoms. The fourth-order valence-electron chi connectivity index (χ4n) is 1.94. The molecule has 2 aromatic rings. The molecule has 0 saturated heterocycles. The molecule has 0 radical (unpaired) electrons. The Bertz CT molecular complexity index is 632. The van der Waals surface area contributed by atoms with Gasteiger partial charge in [0.1, 0.15) is 5.82 Å². The number of aromatic amines is 1.